The quantitative estimate of drug-likeness (QED) is 0.831. The number of rotatable bonds is 2. The normalized spacial score (nSPS) is 20.0. The lowest BCUT2D eigenvalue weighted by atomic mass is 10.2. The molecule has 0 spiro atoms. The maximum absolute atomic E-state index is 11.3. The van der Waals surface area contributed by atoms with Crippen LogP contribution in [0.4, 0.5) is 5.69 Å². The van der Waals surface area contributed by atoms with Crippen molar-refractivity contribution < 1.29 is 4.79 Å². The Hall–Kier alpha value is -1.56. The van der Waals surface area contributed by atoms with E-state index in [2.05, 4.69) is 36.7 Å². The highest BCUT2D eigenvalue weighted by Crippen LogP contribution is 2.18. The van der Waals surface area contributed by atoms with Crippen molar-refractivity contribution in [3.05, 3.63) is 28.7 Å². The van der Waals surface area contributed by atoms with Gasteiger partial charge in [-0.3, -0.25) is 4.79 Å². The van der Waals surface area contributed by atoms with Crippen molar-refractivity contribution >= 4 is 33.2 Å². The zero-order valence-corrected chi connectivity index (χ0v) is 10.1. The van der Waals surface area contributed by atoms with Gasteiger partial charge in [0.05, 0.1) is 11.4 Å². The topological polar surface area (TPSA) is 66.2 Å². The molecule has 1 heterocycles. The number of hydrazone groups is 1. The van der Waals surface area contributed by atoms with Crippen molar-refractivity contribution in [2.24, 2.45) is 15.3 Å². The zero-order chi connectivity index (χ0) is 11.5. The first-order valence-corrected chi connectivity index (χ1v) is 5.46. The first-order valence-electron chi connectivity index (χ1n) is 4.67. The Labute approximate surface area is 101 Å². The van der Waals surface area contributed by atoms with Gasteiger partial charge in [0.2, 0.25) is 0 Å². The van der Waals surface area contributed by atoms with Gasteiger partial charge in [-0.2, -0.15) is 15.3 Å². The molecule has 0 fully saturated rings. The number of carbonyl (C=O) groups excluding carboxylic acids is 1. The van der Waals surface area contributed by atoms with Crippen molar-refractivity contribution in [1.82, 2.24) is 5.43 Å². The number of nitrogens with zero attached hydrogens (tertiary/aromatic N) is 3. The van der Waals surface area contributed by atoms with E-state index in [0.717, 1.165) is 4.47 Å². The Morgan fingerprint density at radius 2 is 2.06 bits per heavy atom. The Balaban J connectivity index is 2.12. The average molecular weight is 281 g/mol. The van der Waals surface area contributed by atoms with Crippen molar-refractivity contribution in [2.75, 3.05) is 0 Å². The van der Waals surface area contributed by atoms with E-state index >= 15 is 0 Å². The largest absolute Gasteiger partial charge is 0.272 e. The fourth-order valence-corrected chi connectivity index (χ4v) is 1.49. The molecule has 1 aliphatic heterocycles. The fraction of sp³-hybridized carbons (Fsp3) is 0.200. The Morgan fingerprint density at radius 1 is 1.38 bits per heavy atom. The highest BCUT2D eigenvalue weighted by molar-refractivity contribution is 9.10. The van der Waals surface area contributed by atoms with Crippen LogP contribution in [0.3, 0.4) is 0 Å². The van der Waals surface area contributed by atoms with Crippen LogP contribution >= 0.6 is 15.9 Å². The molecule has 0 aliphatic carbocycles. The van der Waals surface area contributed by atoms with E-state index in [1.165, 1.54) is 0 Å². The predicted molar refractivity (Wildman–Crippen MR) is 63.7 cm³/mol. The molecular weight excluding hydrogens is 272 g/mol. The van der Waals surface area contributed by atoms with Crippen molar-refractivity contribution in [3.8, 4) is 0 Å². The minimum absolute atomic E-state index is 0.238. The molecule has 6 heteroatoms. The van der Waals surface area contributed by atoms with Crippen molar-refractivity contribution in [2.45, 2.75) is 13.0 Å². The highest BCUT2D eigenvalue weighted by Gasteiger charge is 2.26. The average Bonchev–Trinajstić information content (AvgIpc) is 2.59. The van der Waals surface area contributed by atoms with Gasteiger partial charge in [-0.1, -0.05) is 15.9 Å². The number of carbonyl (C=O) groups is 1. The third-order valence-electron chi connectivity index (χ3n) is 2.10. The third kappa shape index (κ3) is 2.33. The van der Waals surface area contributed by atoms with E-state index in [1.54, 1.807) is 6.92 Å². The summed E-state index contributed by atoms with van der Waals surface area (Å²) in [5.74, 6) is -0.238. The Kier molecular flexibility index (Phi) is 3.09. The second-order valence-electron chi connectivity index (χ2n) is 3.32. The summed E-state index contributed by atoms with van der Waals surface area (Å²) in [7, 11) is 0. The lowest BCUT2D eigenvalue weighted by Gasteiger charge is -1.98. The number of benzene rings is 1. The second-order valence-corrected chi connectivity index (χ2v) is 4.24. The summed E-state index contributed by atoms with van der Waals surface area (Å²) >= 11 is 3.33. The van der Waals surface area contributed by atoms with E-state index in [9.17, 15) is 4.79 Å². The van der Waals surface area contributed by atoms with Crippen molar-refractivity contribution in [3.63, 3.8) is 0 Å². The van der Waals surface area contributed by atoms with Crippen LogP contribution in [-0.4, -0.2) is 17.7 Å². The molecule has 1 amide bonds. The standard InChI is InChI=1S/C10H9BrN4O/c1-6-9(10(16)15-12-6)14-13-8-4-2-7(11)3-5-8/h2-5,9H,1H3,(H,15,16). The smallest absolute Gasteiger partial charge is 0.270 e. The summed E-state index contributed by atoms with van der Waals surface area (Å²) in [6.45, 7) is 1.74. The summed E-state index contributed by atoms with van der Waals surface area (Å²) in [5.41, 5.74) is 3.69. The third-order valence-corrected chi connectivity index (χ3v) is 2.63. The van der Waals surface area contributed by atoms with E-state index < -0.39 is 6.04 Å². The molecule has 16 heavy (non-hydrogen) atoms. The SMILES string of the molecule is CC1=NNC(=O)C1N=Nc1ccc(Br)cc1. The molecule has 1 N–H and O–H groups in total. The summed E-state index contributed by atoms with van der Waals surface area (Å²) in [6.07, 6.45) is 0. The van der Waals surface area contributed by atoms with Crippen LogP contribution in [0.1, 0.15) is 6.92 Å². The van der Waals surface area contributed by atoms with Crippen LogP contribution in [-0.2, 0) is 4.79 Å². The van der Waals surface area contributed by atoms with E-state index in [0.29, 0.717) is 11.4 Å². The Morgan fingerprint density at radius 3 is 2.62 bits per heavy atom. The van der Waals surface area contributed by atoms with Gasteiger partial charge in [0.25, 0.3) is 5.91 Å². The number of azo groups is 1. The van der Waals surface area contributed by atoms with E-state index in [-0.39, 0.29) is 5.91 Å². The number of nitrogens with one attached hydrogen (secondary N) is 1. The van der Waals surface area contributed by atoms with Crippen LogP contribution in [0.25, 0.3) is 0 Å². The van der Waals surface area contributed by atoms with Gasteiger partial charge in [-0.05, 0) is 31.2 Å². The molecular formula is C10H9BrN4O. The summed E-state index contributed by atoms with van der Waals surface area (Å²) in [5, 5.41) is 11.7. The number of halogens is 1. The molecule has 5 nitrogen and oxygen atoms in total. The minimum atomic E-state index is -0.594. The molecule has 1 atom stereocenters. The first-order chi connectivity index (χ1) is 7.66. The maximum Gasteiger partial charge on any atom is 0.272 e. The molecule has 1 aromatic rings. The number of hydrogen-bond donors (Lipinski definition) is 1. The molecule has 0 bridgehead atoms. The summed E-state index contributed by atoms with van der Waals surface area (Å²) in [4.78, 5) is 11.3. The van der Waals surface area contributed by atoms with Gasteiger partial charge < -0.3 is 0 Å². The lowest BCUT2D eigenvalue weighted by molar-refractivity contribution is -0.120. The zero-order valence-electron chi connectivity index (χ0n) is 8.51. The molecule has 0 aromatic heterocycles. The molecule has 1 unspecified atom stereocenters. The van der Waals surface area contributed by atoms with Gasteiger partial charge in [0.1, 0.15) is 0 Å². The molecule has 0 saturated carbocycles. The molecule has 82 valence electrons. The van der Waals surface area contributed by atoms with Crippen LogP contribution < -0.4 is 5.43 Å². The second kappa shape index (κ2) is 4.52. The molecule has 0 radical (unpaired) electrons. The number of hydrogen-bond acceptors (Lipinski definition) is 4. The van der Waals surface area contributed by atoms with Crippen molar-refractivity contribution in [1.29, 1.82) is 0 Å². The molecule has 2 rings (SSSR count). The first kappa shape index (κ1) is 10.9. The fourth-order valence-electron chi connectivity index (χ4n) is 1.22. The highest BCUT2D eigenvalue weighted by atomic mass is 79.9. The molecule has 1 aromatic carbocycles. The van der Waals surface area contributed by atoms with Gasteiger partial charge in [-0.25, -0.2) is 5.43 Å². The van der Waals surface area contributed by atoms with Crippen LogP contribution in [0.2, 0.25) is 0 Å². The van der Waals surface area contributed by atoms with Gasteiger partial charge in [0.15, 0.2) is 6.04 Å². The van der Waals surface area contributed by atoms with Crippen LogP contribution in [0.15, 0.2) is 44.1 Å². The Bertz CT molecular complexity index is 466. The summed E-state index contributed by atoms with van der Waals surface area (Å²) < 4.78 is 0.975. The van der Waals surface area contributed by atoms with Gasteiger partial charge in [-0.15, -0.1) is 0 Å². The molecule has 1 aliphatic rings. The van der Waals surface area contributed by atoms with Gasteiger partial charge >= 0.3 is 0 Å². The van der Waals surface area contributed by atoms with E-state index in [4.69, 9.17) is 0 Å². The maximum atomic E-state index is 11.3. The monoisotopic (exact) mass is 280 g/mol. The number of amides is 1. The lowest BCUT2D eigenvalue weighted by Crippen LogP contribution is -2.25. The van der Waals surface area contributed by atoms with E-state index in [1.807, 2.05) is 24.3 Å². The summed E-state index contributed by atoms with van der Waals surface area (Å²) in [6, 6.07) is 6.76. The minimum Gasteiger partial charge on any atom is -0.270 e. The van der Waals surface area contributed by atoms with Crippen LogP contribution in [0, 0.1) is 0 Å². The van der Waals surface area contributed by atoms with Gasteiger partial charge in [0, 0.05) is 4.47 Å². The van der Waals surface area contributed by atoms with Crippen LogP contribution in [0.5, 0.6) is 0 Å². The predicted octanol–water partition coefficient (Wildman–Crippen LogP) is 2.41. The molecule has 0 saturated heterocycles.